The SMILES string of the molecule is Cc1cc2c(N)c(C(=O)OCC(=O)c3ccc([N+](=O)[O-])cc3)sc2nc1-c1ccccc1. The lowest BCUT2D eigenvalue weighted by Crippen LogP contribution is -2.14. The van der Waals surface area contributed by atoms with Gasteiger partial charge in [-0.25, -0.2) is 9.78 Å². The molecule has 2 aromatic carbocycles. The highest BCUT2D eigenvalue weighted by molar-refractivity contribution is 7.21. The number of nitro benzene ring substituents is 1. The minimum Gasteiger partial charge on any atom is -0.453 e. The van der Waals surface area contributed by atoms with Crippen molar-refractivity contribution in [3.8, 4) is 11.3 Å². The number of aryl methyl sites for hydroxylation is 1. The molecule has 0 atom stereocenters. The number of non-ortho nitro benzene ring substituents is 1. The number of aromatic nitrogens is 1. The third-order valence-electron chi connectivity index (χ3n) is 4.88. The van der Waals surface area contributed by atoms with Crippen LogP contribution < -0.4 is 5.73 Å². The minimum atomic E-state index is -0.723. The van der Waals surface area contributed by atoms with E-state index in [0.29, 0.717) is 10.2 Å². The van der Waals surface area contributed by atoms with Crippen LogP contribution in [0.15, 0.2) is 60.7 Å². The van der Waals surface area contributed by atoms with Crippen LogP contribution in [0.3, 0.4) is 0 Å². The molecule has 2 heterocycles. The number of hydrogen-bond acceptors (Lipinski definition) is 8. The topological polar surface area (TPSA) is 125 Å². The number of hydrogen-bond donors (Lipinski definition) is 1. The first-order valence-electron chi connectivity index (χ1n) is 9.55. The fourth-order valence-corrected chi connectivity index (χ4v) is 4.20. The molecule has 0 radical (unpaired) electrons. The monoisotopic (exact) mass is 447 g/mol. The quantitative estimate of drug-likeness (QED) is 0.195. The van der Waals surface area contributed by atoms with E-state index in [4.69, 9.17) is 10.5 Å². The van der Waals surface area contributed by atoms with Gasteiger partial charge in [-0.05, 0) is 30.7 Å². The molecule has 0 saturated carbocycles. The summed E-state index contributed by atoms with van der Waals surface area (Å²) in [7, 11) is 0. The summed E-state index contributed by atoms with van der Waals surface area (Å²) < 4.78 is 5.16. The van der Waals surface area contributed by atoms with Crippen LogP contribution in [-0.2, 0) is 4.74 Å². The predicted molar refractivity (Wildman–Crippen MR) is 122 cm³/mol. The number of fused-ring (bicyclic) bond motifs is 1. The Morgan fingerprint density at radius 1 is 1.12 bits per heavy atom. The lowest BCUT2D eigenvalue weighted by Gasteiger charge is -2.05. The van der Waals surface area contributed by atoms with E-state index in [-0.39, 0.29) is 21.8 Å². The summed E-state index contributed by atoms with van der Waals surface area (Å²) in [5.41, 5.74) is 9.19. The van der Waals surface area contributed by atoms with Gasteiger partial charge in [0.15, 0.2) is 12.4 Å². The van der Waals surface area contributed by atoms with Gasteiger partial charge in [-0.2, -0.15) is 0 Å². The highest BCUT2D eigenvalue weighted by Crippen LogP contribution is 2.36. The summed E-state index contributed by atoms with van der Waals surface area (Å²) >= 11 is 1.11. The van der Waals surface area contributed by atoms with Gasteiger partial charge < -0.3 is 10.5 Å². The number of esters is 1. The highest BCUT2D eigenvalue weighted by atomic mass is 32.1. The van der Waals surface area contributed by atoms with Crippen LogP contribution >= 0.6 is 11.3 Å². The number of nitrogens with zero attached hydrogens (tertiary/aromatic N) is 2. The van der Waals surface area contributed by atoms with Crippen LogP contribution in [0.25, 0.3) is 21.5 Å². The second-order valence-corrected chi connectivity index (χ2v) is 8.02. The second kappa shape index (κ2) is 8.56. The number of anilines is 1. The Labute approximate surface area is 186 Å². The fraction of sp³-hybridized carbons (Fsp3) is 0.0870. The van der Waals surface area contributed by atoms with E-state index in [1.54, 1.807) is 0 Å². The molecule has 0 spiro atoms. The van der Waals surface area contributed by atoms with Crippen LogP contribution in [0.2, 0.25) is 0 Å². The van der Waals surface area contributed by atoms with Crippen molar-refractivity contribution < 1.29 is 19.2 Å². The molecule has 4 aromatic rings. The normalized spacial score (nSPS) is 10.8. The van der Waals surface area contributed by atoms with Gasteiger partial charge in [0.2, 0.25) is 0 Å². The summed E-state index contributed by atoms with van der Waals surface area (Å²) in [4.78, 5) is 40.5. The molecule has 0 unspecified atom stereocenters. The average molecular weight is 447 g/mol. The van der Waals surface area contributed by atoms with E-state index in [9.17, 15) is 19.7 Å². The van der Waals surface area contributed by atoms with Gasteiger partial charge in [0.05, 0.1) is 16.3 Å². The van der Waals surface area contributed by atoms with Crippen LogP contribution in [0.4, 0.5) is 11.4 Å². The average Bonchev–Trinajstić information content (AvgIpc) is 3.12. The fourth-order valence-electron chi connectivity index (χ4n) is 3.23. The molecular formula is C23H17N3O5S. The molecule has 8 nitrogen and oxygen atoms in total. The summed E-state index contributed by atoms with van der Waals surface area (Å²) in [6, 6.07) is 16.6. The molecule has 0 aliphatic heterocycles. The smallest absolute Gasteiger partial charge is 0.350 e. The summed E-state index contributed by atoms with van der Waals surface area (Å²) in [5.74, 6) is -1.20. The first-order valence-corrected chi connectivity index (χ1v) is 10.4. The zero-order valence-corrected chi connectivity index (χ0v) is 17.7. The molecule has 0 fully saturated rings. The largest absolute Gasteiger partial charge is 0.453 e. The molecule has 9 heteroatoms. The Morgan fingerprint density at radius 2 is 1.81 bits per heavy atom. The van der Waals surface area contributed by atoms with Crippen molar-refractivity contribution >= 4 is 44.7 Å². The molecular weight excluding hydrogens is 430 g/mol. The number of nitrogens with two attached hydrogens (primary N) is 1. The van der Waals surface area contributed by atoms with E-state index in [0.717, 1.165) is 28.2 Å². The van der Waals surface area contributed by atoms with Gasteiger partial charge in [-0.3, -0.25) is 14.9 Å². The summed E-state index contributed by atoms with van der Waals surface area (Å²) in [6.45, 7) is 1.42. The number of Topliss-reactive ketones (excluding diaryl/α,β-unsaturated/α-hetero) is 1. The van der Waals surface area contributed by atoms with E-state index < -0.39 is 23.3 Å². The lowest BCUT2D eigenvalue weighted by atomic mass is 10.1. The van der Waals surface area contributed by atoms with Gasteiger partial charge in [-0.1, -0.05) is 30.3 Å². The number of rotatable bonds is 6. The molecule has 4 rings (SSSR count). The molecule has 0 aliphatic carbocycles. The van der Waals surface area contributed by atoms with Crippen molar-refractivity contribution in [3.63, 3.8) is 0 Å². The zero-order valence-electron chi connectivity index (χ0n) is 16.9. The molecule has 0 saturated heterocycles. The van der Waals surface area contributed by atoms with Crippen molar-refractivity contribution in [3.05, 3.63) is 86.8 Å². The third-order valence-corrected chi connectivity index (χ3v) is 5.97. The highest BCUT2D eigenvalue weighted by Gasteiger charge is 2.21. The lowest BCUT2D eigenvalue weighted by molar-refractivity contribution is -0.384. The van der Waals surface area contributed by atoms with Crippen molar-refractivity contribution in [2.45, 2.75) is 6.92 Å². The first-order chi connectivity index (χ1) is 15.3. The van der Waals surface area contributed by atoms with E-state index in [1.165, 1.54) is 24.3 Å². The number of nitro groups is 1. The van der Waals surface area contributed by atoms with Crippen LogP contribution in [0, 0.1) is 17.0 Å². The number of pyridine rings is 1. The summed E-state index contributed by atoms with van der Waals surface area (Å²) in [6.07, 6.45) is 0. The van der Waals surface area contributed by atoms with Crippen LogP contribution in [0.5, 0.6) is 0 Å². The van der Waals surface area contributed by atoms with Crippen molar-refractivity contribution in [1.29, 1.82) is 0 Å². The summed E-state index contributed by atoms with van der Waals surface area (Å²) in [5, 5.41) is 11.4. The Hall–Kier alpha value is -4.11. The maximum Gasteiger partial charge on any atom is 0.350 e. The first kappa shape index (κ1) is 21.1. The molecule has 160 valence electrons. The Bertz CT molecular complexity index is 1350. The Morgan fingerprint density at radius 3 is 2.47 bits per heavy atom. The van der Waals surface area contributed by atoms with Crippen LogP contribution in [0.1, 0.15) is 25.6 Å². The van der Waals surface area contributed by atoms with Crippen molar-refractivity contribution in [2.75, 3.05) is 12.3 Å². The number of nitrogen functional groups attached to an aromatic ring is 1. The van der Waals surface area contributed by atoms with E-state index >= 15 is 0 Å². The van der Waals surface area contributed by atoms with Gasteiger partial charge >= 0.3 is 5.97 Å². The van der Waals surface area contributed by atoms with Gasteiger partial charge in [-0.15, -0.1) is 11.3 Å². The number of benzene rings is 2. The number of ether oxygens (including phenoxy) is 1. The molecule has 2 N–H and O–H groups in total. The number of thiophene rings is 1. The van der Waals surface area contributed by atoms with Crippen molar-refractivity contribution in [1.82, 2.24) is 4.98 Å². The second-order valence-electron chi connectivity index (χ2n) is 7.02. The van der Waals surface area contributed by atoms with Crippen molar-refractivity contribution in [2.24, 2.45) is 0 Å². The molecule has 0 aliphatic rings. The van der Waals surface area contributed by atoms with E-state index in [2.05, 4.69) is 4.98 Å². The maximum absolute atomic E-state index is 12.6. The molecule has 2 aromatic heterocycles. The van der Waals surface area contributed by atoms with Gasteiger partial charge in [0.1, 0.15) is 9.71 Å². The zero-order chi connectivity index (χ0) is 22.8. The molecule has 32 heavy (non-hydrogen) atoms. The number of carbonyl (C=O) groups excluding carboxylic acids is 2. The predicted octanol–water partition coefficient (Wildman–Crippen LogP) is 4.80. The Kier molecular flexibility index (Phi) is 5.65. The van der Waals surface area contributed by atoms with Gasteiger partial charge in [0, 0.05) is 28.6 Å². The minimum absolute atomic E-state index is 0.130. The van der Waals surface area contributed by atoms with Crippen LogP contribution in [-0.4, -0.2) is 28.3 Å². The maximum atomic E-state index is 12.6. The van der Waals surface area contributed by atoms with Gasteiger partial charge in [0.25, 0.3) is 5.69 Å². The Balaban J connectivity index is 1.54. The standard InChI is InChI=1S/C23H17N3O5S/c1-13-11-17-19(24)21(32-22(17)25-20(13)15-5-3-2-4-6-15)23(28)31-12-18(27)14-7-9-16(10-8-14)26(29)30/h2-11H,12,24H2,1H3. The van der Waals surface area contributed by atoms with E-state index in [1.807, 2.05) is 43.3 Å². The third kappa shape index (κ3) is 4.06. The molecule has 0 bridgehead atoms. The molecule has 0 amide bonds. The number of carbonyl (C=O) groups is 2. The number of ketones is 1.